The average Bonchev–Trinajstić information content (AvgIpc) is 2.94. The van der Waals surface area contributed by atoms with E-state index in [0.29, 0.717) is 24.5 Å². The zero-order valence-electron chi connectivity index (χ0n) is 14.1. The molecule has 1 N–H and O–H groups in total. The summed E-state index contributed by atoms with van der Waals surface area (Å²) in [6.45, 7) is 7.25. The van der Waals surface area contributed by atoms with Crippen molar-refractivity contribution in [2.24, 2.45) is 5.92 Å². The van der Waals surface area contributed by atoms with Gasteiger partial charge in [-0.15, -0.1) is 0 Å². The van der Waals surface area contributed by atoms with E-state index in [9.17, 15) is 9.59 Å². The maximum Gasteiger partial charge on any atom is 0.226 e. The quantitative estimate of drug-likeness (QED) is 0.866. The average molecular weight is 337 g/mol. The highest BCUT2D eigenvalue weighted by molar-refractivity contribution is 6.30. The van der Waals surface area contributed by atoms with E-state index >= 15 is 0 Å². The van der Waals surface area contributed by atoms with Crippen molar-refractivity contribution in [2.45, 2.75) is 45.6 Å². The summed E-state index contributed by atoms with van der Waals surface area (Å²) in [5.74, 6) is -0.224. The molecule has 0 saturated carbocycles. The summed E-state index contributed by atoms with van der Waals surface area (Å²) < 4.78 is 0. The molecule has 1 aromatic rings. The molecule has 4 nitrogen and oxygen atoms in total. The molecule has 1 aromatic carbocycles. The number of likely N-dealkylation sites (tertiary alicyclic amines) is 1. The first kappa shape index (κ1) is 17.8. The number of nitrogens with one attached hydrogen (secondary N) is 1. The smallest absolute Gasteiger partial charge is 0.226 e. The molecule has 1 saturated heterocycles. The summed E-state index contributed by atoms with van der Waals surface area (Å²) in [5, 5.41) is 3.89. The van der Waals surface area contributed by atoms with Crippen LogP contribution in [0.3, 0.4) is 0 Å². The Morgan fingerprint density at radius 2 is 1.87 bits per heavy atom. The molecule has 2 amide bonds. The van der Waals surface area contributed by atoms with Crippen LogP contribution in [0.5, 0.6) is 0 Å². The predicted octanol–water partition coefficient (Wildman–Crippen LogP) is 3.34. The molecule has 23 heavy (non-hydrogen) atoms. The second kappa shape index (κ2) is 7.35. The highest BCUT2D eigenvalue weighted by atomic mass is 35.5. The van der Waals surface area contributed by atoms with Gasteiger partial charge in [0.25, 0.3) is 0 Å². The number of carbonyl (C=O) groups excluding carboxylic acids is 2. The highest BCUT2D eigenvalue weighted by Crippen LogP contribution is 2.31. The predicted molar refractivity (Wildman–Crippen MR) is 92.2 cm³/mol. The molecule has 1 atom stereocenters. The molecule has 0 aromatic heterocycles. The van der Waals surface area contributed by atoms with Gasteiger partial charge in [0.05, 0.1) is 11.5 Å². The van der Waals surface area contributed by atoms with Crippen LogP contribution in [0.1, 0.15) is 45.6 Å². The van der Waals surface area contributed by atoms with Gasteiger partial charge in [-0.3, -0.25) is 9.59 Å². The largest absolute Gasteiger partial charge is 0.346 e. The van der Waals surface area contributed by atoms with Crippen LogP contribution in [-0.2, 0) is 15.1 Å². The molecule has 1 heterocycles. The van der Waals surface area contributed by atoms with Crippen LogP contribution in [0, 0.1) is 5.92 Å². The van der Waals surface area contributed by atoms with Gasteiger partial charge in [-0.25, -0.2) is 0 Å². The summed E-state index contributed by atoms with van der Waals surface area (Å²) in [5.41, 5.74) is 0.640. The van der Waals surface area contributed by atoms with E-state index in [2.05, 4.69) is 19.2 Å². The maximum absolute atomic E-state index is 12.7. The number of hydrogen-bond donors (Lipinski definition) is 1. The minimum absolute atomic E-state index is 0.0343. The number of nitrogens with zero attached hydrogens (tertiary/aromatic N) is 1. The van der Waals surface area contributed by atoms with Crippen LogP contribution in [-0.4, -0.2) is 29.8 Å². The van der Waals surface area contributed by atoms with E-state index in [1.54, 1.807) is 4.90 Å². The third-order valence-corrected chi connectivity index (χ3v) is 5.19. The summed E-state index contributed by atoms with van der Waals surface area (Å²) in [6, 6.07) is 7.63. The van der Waals surface area contributed by atoms with Gasteiger partial charge in [-0.1, -0.05) is 37.6 Å². The molecule has 0 spiro atoms. The Hall–Kier alpha value is -1.55. The minimum atomic E-state index is -0.412. The SMILES string of the molecule is CCN1CC(C(=O)NC(CC)(CC)c2ccc(Cl)cc2)CC1=O. The maximum atomic E-state index is 12.7. The Labute approximate surface area is 143 Å². The number of benzene rings is 1. The fraction of sp³-hybridized carbons (Fsp3) is 0.556. The van der Waals surface area contributed by atoms with Gasteiger partial charge >= 0.3 is 0 Å². The van der Waals surface area contributed by atoms with Crippen molar-refractivity contribution in [3.63, 3.8) is 0 Å². The van der Waals surface area contributed by atoms with Gasteiger partial charge in [-0.2, -0.15) is 0 Å². The lowest BCUT2D eigenvalue weighted by Crippen LogP contribution is -2.48. The number of hydrogen-bond acceptors (Lipinski definition) is 2. The van der Waals surface area contributed by atoms with E-state index in [0.717, 1.165) is 18.4 Å². The Morgan fingerprint density at radius 1 is 1.26 bits per heavy atom. The number of halogens is 1. The van der Waals surface area contributed by atoms with Gasteiger partial charge in [0.15, 0.2) is 0 Å². The molecule has 1 fully saturated rings. The fourth-order valence-electron chi connectivity index (χ4n) is 3.27. The van der Waals surface area contributed by atoms with Gasteiger partial charge < -0.3 is 10.2 Å². The summed E-state index contributed by atoms with van der Waals surface area (Å²) >= 11 is 5.98. The van der Waals surface area contributed by atoms with E-state index in [1.807, 2.05) is 31.2 Å². The fourth-order valence-corrected chi connectivity index (χ4v) is 3.39. The Bertz CT molecular complexity index is 567. The second-order valence-electron chi connectivity index (χ2n) is 6.12. The highest BCUT2D eigenvalue weighted by Gasteiger charge is 2.37. The molecule has 0 radical (unpaired) electrons. The summed E-state index contributed by atoms with van der Waals surface area (Å²) in [4.78, 5) is 26.3. The first-order chi connectivity index (χ1) is 11.0. The first-order valence-electron chi connectivity index (χ1n) is 8.31. The second-order valence-corrected chi connectivity index (χ2v) is 6.56. The normalized spacial score (nSPS) is 18.3. The molecule has 5 heteroatoms. The molecule has 1 aliphatic rings. The number of rotatable bonds is 6. The van der Waals surface area contributed by atoms with Crippen LogP contribution in [0.25, 0.3) is 0 Å². The van der Waals surface area contributed by atoms with Crippen LogP contribution >= 0.6 is 11.6 Å². The summed E-state index contributed by atoms with van der Waals surface area (Å²) in [6.07, 6.45) is 1.88. The lowest BCUT2D eigenvalue weighted by atomic mass is 9.84. The molecule has 0 aliphatic carbocycles. The zero-order valence-corrected chi connectivity index (χ0v) is 14.8. The Morgan fingerprint density at radius 3 is 2.35 bits per heavy atom. The monoisotopic (exact) mass is 336 g/mol. The van der Waals surface area contributed by atoms with Crippen molar-refractivity contribution in [2.75, 3.05) is 13.1 Å². The lowest BCUT2D eigenvalue weighted by molar-refractivity contribution is -0.129. The van der Waals surface area contributed by atoms with Crippen LogP contribution < -0.4 is 5.32 Å². The van der Waals surface area contributed by atoms with E-state index in [-0.39, 0.29) is 17.7 Å². The number of carbonyl (C=O) groups is 2. The third-order valence-electron chi connectivity index (χ3n) is 4.93. The summed E-state index contributed by atoms with van der Waals surface area (Å²) in [7, 11) is 0. The molecule has 0 bridgehead atoms. The Kier molecular flexibility index (Phi) is 5.69. The van der Waals surface area contributed by atoms with Crippen molar-refractivity contribution < 1.29 is 9.59 Å². The zero-order chi connectivity index (χ0) is 17.0. The molecule has 1 unspecified atom stereocenters. The van der Waals surface area contributed by atoms with Crippen LogP contribution in [0.15, 0.2) is 24.3 Å². The van der Waals surface area contributed by atoms with E-state index < -0.39 is 5.54 Å². The first-order valence-corrected chi connectivity index (χ1v) is 8.69. The molecule has 1 aliphatic heterocycles. The van der Waals surface area contributed by atoms with Crippen LogP contribution in [0.4, 0.5) is 0 Å². The lowest BCUT2D eigenvalue weighted by Gasteiger charge is -2.34. The van der Waals surface area contributed by atoms with Crippen molar-refractivity contribution in [1.82, 2.24) is 10.2 Å². The Balaban J connectivity index is 2.17. The number of amides is 2. The topological polar surface area (TPSA) is 49.4 Å². The molecular formula is C18H25ClN2O2. The van der Waals surface area contributed by atoms with Crippen molar-refractivity contribution in [3.8, 4) is 0 Å². The third kappa shape index (κ3) is 3.69. The molecule has 2 rings (SSSR count). The minimum Gasteiger partial charge on any atom is -0.346 e. The van der Waals surface area contributed by atoms with E-state index in [4.69, 9.17) is 11.6 Å². The van der Waals surface area contributed by atoms with Gasteiger partial charge in [0.2, 0.25) is 11.8 Å². The van der Waals surface area contributed by atoms with Crippen molar-refractivity contribution >= 4 is 23.4 Å². The van der Waals surface area contributed by atoms with Crippen molar-refractivity contribution in [1.29, 1.82) is 0 Å². The standard InChI is InChI=1S/C18H25ClN2O2/c1-4-18(5-2,14-7-9-15(19)10-8-14)20-17(23)13-11-16(22)21(6-3)12-13/h7-10,13H,4-6,11-12H2,1-3H3,(H,20,23). The molecular weight excluding hydrogens is 312 g/mol. The van der Waals surface area contributed by atoms with Crippen molar-refractivity contribution in [3.05, 3.63) is 34.9 Å². The van der Waals surface area contributed by atoms with Gasteiger partial charge in [0.1, 0.15) is 0 Å². The van der Waals surface area contributed by atoms with Gasteiger partial charge in [0, 0.05) is 24.5 Å². The van der Waals surface area contributed by atoms with Gasteiger partial charge in [-0.05, 0) is 37.5 Å². The molecule has 126 valence electrons. The van der Waals surface area contributed by atoms with Crippen LogP contribution in [0.2, 0.25) is 5.02 Å². The van der Waals surface area contributed by atoms with E-state index in [1.165, 1.54) is 0 Å².